The predicted molar refractivity (Wildman–Crippen MR) is 196 cm³/mol. The van der Waals surface area contributed by atoms with Crippen LogP contribution in [0.1, 0.15) is 112 Å². The van der Waals surface area contributed by atoms with E-state index in [-0.39, 0.29) is 43.4 Å². The number of rotatable bonds is 8. The third kappa shape index (κ3) is 7.64. The van der Waals surface area contributed by atoms with E-state index in [0.717, 1.165) is 19.3 Å². The van der Waals surface area contributed by atoms with Gasteiger partial charge in [-0.3, -0.25) is 14.5 Å². The average Bonchev–Trinajstić information content (AvgIpc) is 3.77. The second-order valence-electron chi connectivity index (χ2n) is 18.7. The van der Waals surface area contributed by atoms with Crippen molar-refractivity contribution in [3.63, 3.8) is 0 Å². The molecule has 3 heterocycles. The summed E-state index contributed by atoms with van der Waals surface area (Å²) in [6.45, 7) is 19.6. The van der Waals surface area contributed by atoms with Gasteiger partial charge < -0.3 is 34.3 Å². The molecule has 3 aliphatic carbocycles. The summed E-state index contributed by atoms with van der Waals surface area (Å²) in [5, 5.41) is 5.91. The van der Waals surface area contributed by atoms with Crippen molar-refractivity contribution >= 4 is 31.1 Å². The Morgan fingerprint density at radius 2 is 1.75 bits per heavy atom. The first-order valence-electron chi connectivity index (χ1n) is 19.3. The van der Waals surface area contributed by atoms with Crippen LogP contribution in [0.25, 0.3) is 0 Å². The van der Waals surface area contributed by atoms with Crippen molar-refractivity contribution in [2.45, 2.75) is 156 Å². The minimum Gasteiger partial charge on any atom is -0.444 e. The van der Waals surface area contributed by atoms with Gasteiger partial charge in [-0.1, -0.05) is 60.1 Å². The smallest absolute Gasteiger partial charge is 0.444 e. The van der Waals surface area contributed by atoms with Gasteiger partial charge >= 0.3 is 19.3 Å². The summed E-state index contributed by atoms with van der Waals surface area (Å²) >= 11 is 0. The highest BCUT2D eigenvalue weighted by Crippen LogP contribution is 2.65. The molecule has 3 saturated carbocycles. The lowest BCUT2D eigenvalue weighted by molar-refractivity contribution is -0.199. The van der Waals surface area contributed by atoms with Crippen LogP contribution in [-0.4, -0.2) is 88.9 Å². The van der Waals surface area contributed by atoms with Crippen LogP contribution in [0.15, 0.2) is 18.2 Å². The molecular formula is C39H58BFN4O8. The Hall–Kier alpha value is -3.39. The fraction of sp³-hybridized carbons (Fsp3) is 0.744. The molecule has 53 heavy (non-hydrogen) atoms. The minimum atomic E-state index is -1.07. The summed E-state index contributed by atoms with van der Waals surface area (Å²) in [7, 11) is -0.656. The zero-order valence-electron chi connectivity index (χ0n) is 33.0. The zero-order chi connectivity index (χ0) is 38.8. The van der Waals surface area contributed by atoms with Gasteiger partial charge in [0, 0.05) is 18.5 Å². The molecule has 292 valence electrons. The first kappa shape index (κ1) is 39.3. The Labute approximate surface area is 313 Å². The summed E-state index contributed by atoms with van der Waals surface area (Å²) in [5.74, 6) is -0.865. The maximum absolute atomic E-state index is 14.5. The van der Waals surface area contributed by atoms with Crippen molar-refractivity contribution < 1.29 is 42.4 Å². The van der Waals surface area contributed by atoms with E-state index in [0.29, 0.717) is 29.4 Å². The fourth-order valence-electron chi connectivity index (χ4n) is 9.28. The second kappa shape index (κ2) is 14.0. The molecule has 2 bridgehead atoms. The van der Waals surface area contributed by atoms with Gasteiger partial charge in [-0.05, 0) is 81.3 Å². The van der Waals surface area contributed by atoms with E-state index in [4.69, 9.17) is 18.8 Å². The van der Waals surface area contributed by atoms with Crippen molar-refractivity contribution in [1.29, 1.82) is 0 Å². The van der Waals surface area contributed by atoms with Gasteiger partial charge in [0.25, 0.3) is 0 Å². The zero-order valence-corrected chi connectivity index (χ0v) is 33.0. The number of carbonyl (C=O) groups excluding carboxylic acids is 4. The first-order valence-corrected chi connectivity index (χ1v) is 19.3. The lowest BCUT2D eigenvalue weighted by Crippen LogP contribution is -2.65. The number of fused-ring (bicyclic) bond motifs is 1. The molecule has 0 spiro atoms. The third-order valence-corrected chi connectivity index (χ3v) is 12.3. The Balaban J connectivity index is 1.21. The van der Waals surface area contributed by atoms with Crippen LogP contribution in [0.3, 0.4) is 0 Å². The number of hydrogen-bond acceptors (Lipinski definition) is 8. The van der Waals surface area contributed by atoms with Crippen LogP contribution in [0, 0.1) is 28.5 Å². The van der Waals surface area contributed by atoms with Gasteiger partial charge in [-0.25, -0.2) is 14.0 Å². The molecule has 1 aromatic rings. The maximum atomic E-state index is 14.5. The molecule has 0 aromatic heterocycles. The van der Waals surface area contributed by atoms with E-state index in [1.54, 1.807) is 32.9 Å². The van der Waals surface area contributed by atoms with E-state index in [9.17, 15) is 23.6 Å². The van der Waals surface area contributed by atoms with Crippen molar-refractivity contribution in [3.8, 4) is 0 Å². The molecule has 4 amide bonds. The predicted octanol–water partition coefficient (Wildman–Crippen LogP) is 5.74. The highest BCUT2D eigenvalue weighted by Gasteiger charge is 2.68. The van der Waals surface area contributed by atoms with Gasteiger partial charge in [0.1, 0.15) is 29.6 Å². The normalized spacial score (nSPS) is 29.8. The van der Waals surface area contributed by atoms with E-state index in [1.165, 1.54) is 15.9 Å². The lowest BCUT2D eigenvalue weighted by Gasteiger charge is -2.64. The van der Waals surface area contributed by atoms with Crippen molar-refractivity contribution in [3.05, 3.63) is 35.1 Å². The van der Waals surface area contributed by atoms with Gasteiger partial charge in [-0.2, -0.15) is 0 Å². The number of nitrogens with zero attached hydrogens (tertiary/aromatic N) is 2. The molecule has 6 aliphatic rings. The largest absolute Gasteiger partial charge is 0.481 e. The number of amides is 4. The fourth-order valence-corrected chi connectivity index (χ4v) is 9.28. The average molecular weight is 741 g/mol. The highest BCUT2D eigenvalue weighted by atomic mass is 19.1. The number of likely N-dealkylation sites (tertiary alicyclic amines) is 1. The quantitative estimate of drug-likeness (QED) is 0.323. The molecule has 0 unspecified atom stereocenters. The van der Waals surface area contributed by atoms with E-state index >= 15 is 0 Å². The molecule has 0 radical (unpaired) electrons. The molecular weight excluding hydrogens is 682 g/mol. The summed E-state index contributed by atoms with van der Waals surface area (Å²) in [6.07, 6.45) is 1.07. The van der Waals surface area contributed by atoms with Crippen molar-refractivity contribution in [1.82, 2.24) is 20.4 Å². The van der Waals surface area contributed by atoms with Crippen LogP contribution in [0.4, 0.5) is 14.0 Å². The Morgan fingerprint density at radius 1 is 1.04 bits per heavy atom. The summed E-state index contributed by atoms with van der Waals surface area (Å²) < 4.78 is 39.2. The number of benzene rings is 1. The Kier molecular flexibility index (Phi) is 10.4. The molecule has 5 fully saturated rings. The van der Waals surface area contributed by atoms with Crippen molar-refractivity contribution in [2.24, 2.45) is 22.7 Å². The number of carbonyl (C=O) groups is 4. The number of nitrogens with one attached hydrogen (secondary N) is 2. The number of halogens is 1. The Morgan fingerprint density at radius 3 is 2.38 bits per heavy atom. The Bertz CT molecular complexity index is 1610. The van der Waals surface area contributed by atoms with Crippen LogP contribution < -0.4 is 10.6 Å². The molecule has 7 rings (SSSR count). The summed E-state index contributed by atoms with van der Waals surface area (Å²) in [5.41, 5.74) is -0.722. The molecule has 8 atom stereocenters. The number of hydrogen-bond donors (Lipinski definition) is 2. The monoisotopic (exact) mass is 740 g/mol. The molecule has 14 heteroatoms. The highest BCUT2D eigenvalue weighted by molar-refractivity contribution is 6.48. The molecule has 12 nitrogen and oxygen atoms in total. The SMILES string of the molecule is CCC[C@H](NC(=O)[C@@H]1C[C@@H](OC(=O)N2Cc3cccc(F)c3C2)CN1C(=O)[C@@H](NC(=O)OC(C)(C)C)C(C)(C)C)B1O[C@@H]2C[C@@H]3C[C@@H](C3(C)C)[C@]2(C)O1. The van der Waals surface area contributed by atoms with Gasteiger partial charge in [0.2, 0.25) is 11.8 Å². The van der Waals surface area contributed by atoms with Crippen LogP contribution in [0.2, 0.25) is 0 Å². The molecule has 3 aliphatic heterocycles. The van der Waals surface area contributed by atoms with Crippen LogP contribution in [-0.2, 0) is 41.5 Å². The van der Waals surface area contributed by atoms with Gasteiger partial charge in [0.05, 0.1) is 30.7 Å². The number of alkyl carbamates (subject to hydrolysis) is 1. The van der Waals surface area contributed by atoms with E-state index in [1.807, 2.05) is 27.7 Å². The minimum absolute atomic E-state index is 0.0330. The molecule has 2 saturated heterocycles. The number of ether oxygens (including phenoxy) is 2. The van der Waals surface area contributed by atoms with Crippen LogP contribution >= 0.6 is 0 Å². The first-order chi connectivity index (χ1) is 24.6. The van der Waals surface area contributed by atoms with Crippen LogP contribution in [0.5, 0.6) is 0 Å². The van der Waals surface area contributed by atoms with E-state index < -0.39 is 71.9 Å². The summed E-state index contributed by atoms with van der Waals surface area (Å²) in [6, 6.07) is 2.65. The standard InChI is InChI=1S/C39H58BFN4O8/c1-11-13-30(40-52-29-17-23-16-28(38(23,8)9)39(29,10)53-40)42-32(46)27-18-24(50-35(49)44-19-22-14-12-15-26(41)25(22)21-44)20-45(27)33(47)31(36(2,3)4)43-34(48)51-37(5,6)7/h12,14-15,23-24,27-31H,11,13,16-21H2,1-10H3,(H,42,46)(H,43,48)/t23-,24+,27-,28-,29+,30-,31+,39-/m0/s1. The third-order valence-electron chi connectivity index (χ3n) is 12.3. The lowest BCUT2D eigenvalue weighted by atomic mass is 9.43. The maximum Gasteiger partial charge on any atom is 0.481 e. The van der Waals surface area contributed by atoms with Crippen molar-refractivity contribution in [2.75, 3.05) is 6.54 Å². The summed E-state index contributed by atoms with van der Waals surface area (Å²) in [4.78, 5) is 58.1. The van der Waals surface area contributed by atoms with E-state index in [2.05, 4.69) is 31.4 Å². The van der Waals surface area contributed by atoms with Gasteiger partial charge in [0.15, 0.2) is 0 Å². The molecule has 1 aromatic carbocycles. The van der Waals surface area contributed by atoms with Gasteiger partial charge in [-0.15, -0.1) is 0 Å². The topological polar surface area (TPSA) is 136 Å². The second-order valence-corrected chi connectivity index (χ2v) is 18.7. The molecule has 2 N–H and O–H groups in total.